The first kappa shape index (κ1) is 14.2. The minimum atomic E-state index is -0.207. The Morgan fingerprint density at radius 1 is 1.37 bits per heavy atom. The number of rotatable bonds is 6. The summed E-state index contributed by atoms with van der Waals surface area (Å²) in [5.41, 5.74) is 2.40. The number of hydrogen-bond acceptors (Lipinski definition) is 6. The molecule has 1 N–H and O–H groups in total. The SMILES string of the molecule is CCONC(=O)c1cc2sc(N(CC)CC)nc2s1. The molecule has 0 saturated carbocycles. The maximum atomic E-state index is 11.7. The zero-order chi connectivity index (χ0) is 13.8. The Balaban J connectivity index is 2.19. The Hall–Kier alpha value is -1.18. The molecular weight excluding hydrogens is 282 g/mol. The smallest absolute Gasteiger partial charge is 0.285 e. The quantitative estimate of drug-likeness (QED) is 0.833. The molecule has 2 heterocycles. The summed E-state index contributed by atoms with van der Waals surface area (Å²) in [6, 6.07) is 1.87. The number of fused-ring (bicyclic) bond motifs is 1. The number of carbonyl (C=O) groups is 1. The van der Waals surface area contributed by atoms with Gasteiger partial charge in [0.05, 0.1) is 16.2 Å². The number of thiophene rings is 1. The lowest BCUT2D eigenvalue weighted by Gasteiger charge is -2.16. The summed E-state index contributed by atoms with van der Waals surface area (Å²) in [7, 11) is 0. The third-order valence-electron chi connectivity index (χ3n) is 2.64. The monoisotopic (exact) mass is 299 g/mol. The highest BCUT2D eigenvalue weighted by Crippen LogP contribution is 2.34. The fourth-order valence-electron chi connectivity index (χ4n) is 1.65. The van der Waals surface area contributed by atoms with Crippen molar-refractivity contribution in [2.45, 2.75) is 20.8 Å². The van der Waals surface area contributed by atoms with Gasteiger partial charge in [0.15, 0.2) is 5.13 Å². The molecule has 104 valence electrons. The minimum Gasteiger partial charge on any atom is -0.349 e. The Bertz CT molecular complexity index is 529. The lowest BCUT2D eigenvalue weighted by atomic mass is 10.4. The zero-order valence-electron chi connectivity index (χ0n) is 11.2. The van der Waals surface area contributed by atoms with Crippen LogP contribution in [0.25, 0.3) is 9.53 Å². The van der Waals surface area contributed by atoms with E-state index in [1.165, 1.54) is 11.3 Å². The van der Waals surface area contributed by atoms with Crippen LogP contribution in [0.5, 0.6) is 0 Å². The van der Waals surface area contributed by atoms with Gasteiger partial charge < -0.3 is 4.90 Å². The fraction of sp³-hybridized carbons (Fsp3) is 0.500. The van der Waals surface area contributed by atoms with E-state index in [9.17, 15) is 4.79 Å². The molecule has 0 unspecified atom stereocenters. The van der Waals surface area contributed by atoms with Gasteiger partial charge >= 0.3 is 0 Å². The first-order chi connectivity index (χ1) is 9.19. The molecule has 2 aromatic rings. The van der Waals surface area contributed by atoms with E-state index in [1.807, 2.05) is 13.0 Å². The zero-order valence-corrected chi connectivity index (χ0v) is 12.9. The molecule has 0 spiro atoms. The summed E-state index contributed by atoms with van der Waals surface area (Å²) >= 11 is 3.02. The molecule has 0 radical (unpaired) electrons. The van der Waals surface area contributed by atoms with Crippen LogP contribution < -0.4 is 10.4 Å². The number of anilines is 1. The lowest BCUT2D eigenvalue weighted by molar-refractivity contribution is 0.0368. The van der Waals surface area contributed by atoms with Crippen molar-refractivity contribution in [3.63, 3.8) is 0 Å². The Morgan fingerprint density at radius 3 is 2.68 bits per heavy atom. The second-order valence-electron chi connectivity index (χ2n) is 3.81. The van der Waals surface area contributed by atoms with Crippen LogP contribution in [-0.2, 0) is 4.84 Å². The van der Waals surface area contributed by atoms with Crippen LogP contribution in [0.1, 0.15) is 30.4 Å². The van der Waals surface area contributed by atoms with Gasteiger partial charge in [0.1, 0.15) is 4.83 Å². The van der Waals surface area contributed by atoms with E-state index in [4.69, 9.17) is 4.84 Å². The van der Waals surface area contributed by atoms with Crippen molar-refractivity contribution in [1.82, 2.24) is 10.5 Å². The van der Waals surface area contributed by atoms with Crippen LogP contribution >= 0.6 is 22.7 Å². The summed E-state index contributed by atoms with van der Waals surface area (Å²) in [6.45, 7) is 8.38. The predicted molar refractivity (Wildman–Crippen MR) is 80.2 cm³/mol. The number of hydrogen-bond donors (Lipinski definition) is 1. The normalized spacial score (nSPS) is 10.9. The van der Waals surface area contributed by atoms with Crippen LogP contribution in [0, 0.1) is 0 Å². The number of nitrogens with zero attached hydrogens (tertiary/aromatic N) is 2. The molecule has 0 aliphatic carbocycles. The van der Waals surface area contributed by atoms with Gasteiger partial charge in [-0.1, -0.05) is 11.3 Å². The average molecular weight is 299 g/mol. The maximum absolute atomic E-state index is 11.7. The third-order valence-corrected chi connectivity index (χ3v) is 4.87. The molecule has 0 aliphatic rings. The molecule has 0 saturated heterocycles. The molecular formula is C12H17N3O2S2. The molecule has 0 atom stereocenters. The summed E-state index contributed by atoms with van der Waals surface area (Å²) in [5.74, 6) is -0.207. The molecule has 0 bridgehead atoms. The molecule has 0 fully saturated rings. The number of aromatic nitrogens is 1. The highest BCUT2D eigenvalue weighted by Gasteiger charge is 2.15. The van der Waals surface area contributed by atoms with Crippen molar-refractivity contribution in [3.05, 3.63) is 10.9 Å². The van der Waals surface area contributed by atoms with Gasteiger partial charge in [0.25, 0.3) is 5.91 Å². The van der Waals surface area contributed by atoms with E-state index in [0.29, 0.717) is 11.5 Å². The molecule has 2 rings (SSSR count). The van der Waals surface area contributed by atoms with Gasteiger partial charge in [-0.15, -0.1) is 11.3 Å². The van der Waals surface area contributed by atoms with Crippen molar-refractivity contribution in [2.24, 2.45) is 0 Å². The van der Waals surface area contributed by atoms with E-state index in [2.05, 4.69) is 29.2 Å². The summed E-state index contributed by atoms with van der Waals surface area (Å²) in [6.07, 6.45) is 0. The maximum Gasteiger partial charge on any atom is 0.285 e. The Labute approximate surface area is 120 Å². The van der Waals surface area contributed by atoms with Crippen LogP contribution in [0.2, 0.25) is 0 Å². The largest absolute Gasteiger partial charge is 0.349 e. The van der Waals surface area contributed by atoms with Crippen molar-refractivity contribution in [2.75, 3.05) is 24.6 Å². The van der Waals surface area contributed by atoms with E-state index < -0.39 is 0 Å². The molecule has 1 amide bonds. The van der Waals surface area contributed by atoms with Gasteiger partial charge in [0, 0.05) is 13.1 Å². The highest BCUT2D eigenvalue weighted by atomic mass is 32.1. The van der Waals surface area contributed by atoms with E-state index in [-0.39, 0.29) is 5.91 Å². The summed E-state index contributed by atoms with van der Waals surface area (Å²) < 4.78 is 1.05. The summed E-state index contributed by atoms with van der Waals surface area (Å²) in [5, 5.41) is 1.02. The molecule has 2 aromatic heterocycles. The number of nitrogens with one attached hydrogen (secondary N) is 1. The molecule has 0 aliphatic heterocycles. The molecule has 0 aromatic carbocycles. The first-order valence-corrected chi connectivity index (χ1v) is 7.90. The van der Waals surface area contributed by atoms with Crippen LogP contribution in [-0.4, -0.2) is 30.6 Å². The van der Waals surface area contributed by atoms with Crippen molar-refractivity contribution < 1.29 is 9.63 Å². The number of amides is 1. The van der Waals surface area contributed by atoms with Gasteiger partial charge in [-0.2, -0.15) is 0 Å². The van der Waals surface area contributed by atoms with Crippen LogP contribution in [0.3, 0.4) is 0 Å². The Kier molecular flexibility index (Phi) is 4.73. The standard InChI is InChI=1S/C12H17N3O2S2/c1-4-15(5-2)12-13-11-9(19-12)7-8(18-11)10(16)14-17-6-3/h7H,4-6H2,1-3H3,(H,14,16). The van der Waals surface area contributed by atoms with E-state index in [0.717, 1.165) is 27.8 Å². The molecule has 19 heavy (non-hydrogen) atoms. The number of carbonyl (C=O) groups excluding carboxylic acids is 1. The van der Waals surface area contributed by atoms with Crippen molar-refractivity contribution in [1.29, 1.82) is 0 Å². The number of hydroxylamine groups is 1. The van der Waals surface area contributed by atoms with E-state index in [1.54, 1.807) is 11.3 Å². The van der Waals surface area contributed by atoms with Crippen LogP contribution in [0.15, 0.2) is 6.07 Å². The van der Waals surface area contributed by atoms with Gasteiger partial charge in [-0.05, 0) is 26.8 Å². The first-order valence-electron chi connectivity index (χ1n) is 6.27. The van der Waals surface area contributed by atoms with Crippen molar-refractivity contribution >= 4 is 43.2 Å². The molecule has 5 nitrogen and oxygen atoms in total. The minimum absolute atomic E-state index is 0.207. The predicted octanol–water partition coefficient (Wildman–Crippen LogP) is 2.89. The van der Waals surface area contributed by atoms with E-state index >= 15 is 0 Å². The van der Waals surface area contributed by atoms with Gasteiger partial charge in [-0.3, -0.25) is 9.63 Å². The highest BCUT2D eigenvalue weighted by molar-refractivity contribution is 7.29. The van der Waals surface area contributed by atoms with Crippen LogP contribution in [0.4, 0.5) is 5.13 Å². The van der Waals surface area contributed by atoms with Crippen molar-refractivity contribution in [3.8, 4) is 0 Å². The fourth-order valence-corrected chi connectivity index (χ4v) is 3.88. The summed E-state index contributed by atoms with van der Waals surface area (Å²) in [4.78, 5) is 25.0. The second-order valence-corrected chi connectivity index (χ2v) is 5.85. The van der Waals surface area contributed by atoms with Gasteiger partial charge in [0.2, 0.25) is 0 Å². The second kappa shape index (κ2) is 6.31. The van der Waals surface area contributed by atoms with Gasteiger partial charge in [-0.25, -0.2) is 10.5 Å². The lowest BCUT2D eigenvalue weighted by Crippen LogP contribution is -2.22. The topological polar surface area (TPSA) is 54.5 Å². The number of thiazole rings is 1. The Morgan fingerprint density at radius 2 is 2.11 bits per heavy atom. The molecule has 7 heteroatoms. The third kappa shape index (κ3) is 3.05. The average Bonchev–Trinajstić information content (AvgIpc) is 2.95.